The fourth-order valence-corrected chi connectivity index (χ4v) is 4.47. The SMILES string of the molecule is C[C@H]1CN(CC(O)CN2CCN(C(=O)C=Cc3ccc(Cl)c(Cl)c3)CCC2=O)CC[C@H]1O. The Kier molecular flexibility index (Phi) is 8.96. The zero-order valence-electron chi connectivity index (χ0n) is 18.3. The van der Waals surface area contributed by atoms with Gasteiger partial charge in [0.2, 0.25) is 11.8 Å². The van der Waals surface area contributed by atoms with Gasteiger partial charge in [-0.05, 0) is 36.1 Å². The normalized spacial score (nSPS) is 24.1. The van der Waals surface area contributed by atoms with Gasteiger partial charge in [0.25, 0.3) is 0 Å². The number of carbonyl (C=O) groups is 2. The van der Waals surface area contributed by atoms with E-state index >= 15 is 0 Å². The standard InChI is InChI=1S/C23H31Cl2N3O4/c1-16-13-26(8-6-21(16)30)14-18(29)15-28-11-10-27(9-7-23(28)32)22(31)5-3-17-2-4-19(24)20(25)12-17/h2-5,12,16,18,21,29-30H,6-11,13-15H2,1H3/t16-,18?,21+/m0/s1. The summed E-state index contributed by atoms with van der Waals surface area (Å²) in [5.41, 5.74) is 0.767. The van der Waals surface area contributed by atoms with Gasteiger partial charge in [0.05, 0.1) is 22.3 Å². The number of benzene rings is 1. The number of carbonyl (C=O) groups excluding carboxylic acids is 2. The van der Waals surface area contributed by atoms with Crippen LogP contribution in [0.2, 0.25) is 10.0 Å². The van der Waals surface area contributed by atoms with E-state index in [-0.39, 0.29) is 36.8 Å². The zero-order valence-corrected chi connectivity index (χ0v) is 19.8. The summed E-state index contributed by atoms with van der Waals surface area (Å²) in [6.45, 7) is 5.33. The number of piperidine rings is 1. The summed E-state index contributed by atoms with van der Waals surface area (Å²) in [5.74, 6) is -0.0605. The Hall–Kier alpha value is -1.64. The molecule has 7 nitrogen and oxygen atoms in total. The number of nitrogens with zero attached hydrogens (tertiary/aromatic N) is 3. The molecule has 3 atom stereocenters. The number of aliphatic hydroxyl groups is 2. The lowest BCUT2D eigenvalue weighted by Crippen LogP contribution is -2.48. The zero-order chi connectivity index (χ0) is 23.3. The first-order valence-electron chi connectivity index (χ1n) is 11.0. The van der Waals surface area contributed by atoms with Crippen LogP contribution in [0.25, 0.3) is 6.08 Å². The predicted molar refractivity (Wildman–Crippen MR) is 126 cm³/mol. The van der Waals surface area contributed by atoms with Gasteiger partial charge < -0.3 is 24.9 Å². The van der Waals surface area contributed by atoms with Crippen LogP contribution in [0.1, 0.15) is 25.3 Å². The first kappa shape index (κ1) is 25.0. The second-order valence-corrected chi connectivity index (χ2v) is 9.48. The van der Waals surface area contributed by atoms with Crippen molar-refractivity contribution in [1.82, 2.24) is 14.7 Å². The van der Waals surface area contributed by atoms with E-state index in [2.05, 4.69) is 4.90 Å². The van der Waals surface area contributed by atoms with Crippen LogP contribution in [0.3, 0.4) is 0 Å². The van der Waals surface area contributed by atoms with Crippen molar-refractivity contribution in [1.29, 1.82) is 0 Å². The highest BCUT2D eigenvalue weighted by atomic mass is 35.5. The number of hydrogen-bond donors (Lipinski definition) is 2. The molecule has 0 saturated carbocycles. The van der Waals surface area contributed by atoms with Crippen molar-refractivity contribution in [3.63, 3.8) is 0 Å². The molecule has 2 fully saturated rings. The minimum Gasteiger partial charge on any atom is -0.393 e. The molecule has 32 heavy (non-hydrogen) atoms. The number of rotatable bonds is 6. The summed E-state index contributed by atoms with van der Waals surface area (Å²) in [6.07, 6.45) is 3.12. The Labute approximate surface area is 199 Å². The van der Waals surface area contributed by atoms with Crippen molar-refractivity contribution >= 4 is 41.1 Å². The molecule has 2 saturated heterocycles. The molecule has 9 heteroatoms. The highest BCUT2D eigenvalue weighted by Crippen LogP contribution is 2.23. The van der Waals surface area contributed by atoms with E-state index in [4.69, 9.17) is 23.2 Å². The molecule has 1 aromatic carbocycles. The highest BCUT2D eigenvalue weighted by Gasteiger charge is 2.28. The van der Waals surface area contributed by atoms with Gasteiger partial charge in [0, 0.05) is 58.3 Å². The molecule has 1 unspecified atom stereocenters. The molecular formula is C23H31Cl2N3O4. The van der Waals surface area contributed by atoms with Crippen LogP contribution in [0.5, 0.6) is 0 Å². The first-order chi connectivity index (χ1) is 15.2. The van der Waals surface area contributed by atoms with Gasteiger partial charge in [0.15, 0.2) is 0 Å². The van der Waals surface area contributed by atoms with E-state index in [9.17, 15) is 19.8 Å². The maximum Gasteiger partial charge on any atom is 0.246 e. The summed E-state index contributed by atoms with van der Waals surface area (Å²) in [5, 5.41) is 21.3. The number of halogens is 2. The average Bonchev–Trinajstić information content (AvgIpc) is 2.93. The van der Waals surface area contributed by atoms with Gasteiger partial charge in [-0.3, -0.25) is 9.59 Å². The Bertz CT molecular complexity index is 851. The third-order valence-electron chi connectivity index (χ3n) is 6.11. The molecule has 0 bridgehead atoms. The quantitative estimate of drug-likeness (QED) is 0.605. The molecule has 0 aliphatic carbocycles. The Balaban J connectivity index is 1.50. The van der Waals surface area contributed by atoms with Gasteiger partial charge in [-0.25, -0.2) is 0 Å². The van der Waals surface area contributed by atoms with Gasteiger partial charge in [-0.1, -0.05) is 36.2 Å². The lowest BCUT2D eigenvalue weighted by Gasteiger charge is -2.36. The number of likely N-dealkylation sites (tertiary alicyclic amines) is 1. The largest absolute Gasteiger partial charge is 0.393 e. The van der Waals surface area contributed by atoms with E-state index in [0.29, 0.717) is 42.6 Å². The summed E-state index contributed by atoms with van der Waals surface area (Å²) in [6, 6.07) is 5.14. The minimum absolute atomic E-state index is 0.0600. The van der Waals surface area contributed by atoms with Crippen molar-refractivity contribution in [2.45, 2.75) is 32.0 Å². The number of amides is 2. The minimum atomic E-state index is -0.668. The summed E-state index contributed by atoms with van der Waals surface area (Å²) >= 11 is 11.9. The summed E-state index contributed by atoms with van der Waals surface area (Å²) in [4.78, 5) is 30.6. The van der Waals surface area contributed by atoms with Crippen molar-refractivity contribution in [3.8, 4) is 0 Å². The third kappa shape index (κ3) is 6.93. The van der Waals surface area contributed by atoms with Gasteiger partial charge in [0.1, 0.15) is 0 Å². The molecule has 0 spiro atoms. The van der Waals surface area contributed by atoms with E-state index < -0.39 is 6.10 Å². The molecule has 1 aromatic rings. The van der Waals surface area contributed by atoms with Crippen molar-refractivity contribution in [2.75, 3.05) is 45.8 Å². The van der Waals surface area contributed by atoms with Crippen LogP contribution < -0.4 is 0 Å². The van der Waals surface area contributed by atoms with Crippen LogP contribution in [0.15, 0.2) is 24.3 Å². The first-order valence-corrected chi connectivity index (χ1v) is 11.8. The smallest absolute Gasteiger partial charge is 0.246 e. The van der Waals surface area contributed by atoms with Gasteiger partial charge in [-0.2, -0.15) is 0 Å². The topological polar surface area (TPSA) is 84.3 Å². The highest BCUT2D eigenvalue weighted by molar-refractivity contribution is 6.42. The molecule has 2 amide bonds. The Morgan fingerprint density at radius 1 is 1.19 bits per heavy atom. The van der Waals surface area contributed by atoms with Crippen LogP contribution in [-0.4, -0.2) is 94.7 Å². The molecule has 2 aliphatic heterocycles. The number of β-amino-alcohol motifs (C(OH)–C–C–N with tert-alkyl or cyclic N) is 1. The van der Waals surface area contributed by atoms with Crippen molar-refractivity contribution in [3.05, 3.63) is 39.9 Å². The van der Waals surface area contributed by atoms with Gasteiger partial charge >= 0.3 is 0 Å². The van der Waals surface area contributed by atoms with Gasteiger partial charge in [-0.15, -0.1) is 0 Å². The average molecular weight is 484 g/mol. The van der Waals surface area contributed by atoms with Crippen LogP contribution in [0, 0.1) is 5.92 Å². The Morgan fingerprint density at radius 2 is 1.97 bits per heavy atom. The second-order valence-electron chi connectivity index (χ2n) is 8.67. The fourth-order valence-electron chi connectivity index (χ4n) is 4.16. The molecule has 2 heterocycles. The van der Waals surface area contributed by atoms with E-state index in [1.807, 2.05) is 6.92 Å². The molecule has 0 radical (unpaired) electrons. The Morgan fingerprint density at radius 3 is 2.69 bits per heavy atom. The third-order valence-corrected chi connectivity index (χ3v) is 6.85. The number of aliphatic hydroxyl groups excluding tert-OH is 2. The van der Waals surface area contributed by atoms with Crippen molar-refractivity contribution < 1.29 is 19.8 Å². The molecule has 0 aromatic heterocycles. The lowest BCUT2D eigenvalue weighted by atomic mass is 9.96. The monoisotopic (exact) mass is 483 g/mol. The molecular weight excluding hydrogens is 453 g/mol. The molecule has 2 N–H and O–H groups in total. The second kappa shape index (κ2) is 11.5. The van der Waals surface area contributed by atoms with E-state index in [1.54, 1.807) is 34.1 Å². The maximum atomic E-state index is 12.6. The summed E-state index contributed by atoms with van der Waals surface area (Å²) in [7, 11) is 0. The predicted octanol–water partition coefficient (Wildman–Crippen LogP) is 2.13. The maximum absolute atomic E-state index is 12.6. The molecule has 3 rings (SSSR count). The van der Waals surface area contributed by atoms with E-state index in [0.717, 1.165) is 18.7 Å². The van der Waals surface area contributed by atoms with Crippen molar-refractivity contribution in [2.24, 2.45) is 5.92 Å². The van der Waals surface area contributed by atoms with Crippen LogP contribution in [-0.2, 0) is 9.59 Å². The fraction of sp³-hybridized carbons (Fsp3) is 0.565. The van der Waals surface area contributed by atoms with Crippen LogP contribution >= 0.6 is 23.2 Å². The van der Waals surface area contributed by atoms with Crippen LogP contribution in [0.4, 0.5) is 0 Å². The summed E-state index contributed by atoms with van der Waals surface area (Å²) < 4.78 is 0. The lowest BCUT2D eigenvalue weighted by molar-refractivity contribution is -0.132. The molecule has 2 aliphatic rings. The molecule has 176 valence electrons. The van der Waals surface area contributed by atoms with E-state index in [1.165, 1.54) is 6.08 Å². The number of hydrogen-bond acceptors (Lipinski definition) is 5.